The summed E-state index contributed by atoms with van der Waals surface area (Å²) in [6.45, 7) is 2.74. The van der Waals surface area contributed by atoms with Gasteiger partial charge in [0, 0.05) is 18.8 Å². The zero-order chi connectivity index (χ0) is 22.8. The van der Waals surface area contributed by atoms with E-state index in [-0.39, 0.29) is 5.56 Å². The number of rotatable bonds is 5. The first kappa shape index (κ1) is 20.7. The van der Waals surface area contributed by atoms with Crippen LogP contribution in [0.4, 0.5) is 33.9 Å². The van der Waals surface area contributed by atoms with E-state index in [1.165, 1.54) is 22.2 Å². The fraction of sp³-hybridized carbons (Fsp3) is 0.261. The Bertz CT molecular complexity index is 1260. The lowest BCUT2D eigenvalue weighted by atomic mass is 9.99. The molecule has 0 aliphatic carbocycles. The highest BCUT2D eigenvalue weighted by molar-refractivity contribution is 5.88. The average molecular weight is 442 g/mol. The Morgan fingerprint density at radius 1 is 1.12 bits per heavy atom. The number of amides is 1. The highest BCUT2D eigenvalue weighted by Crippen LogP contribution is 2.25. The van der Waals surface area contributed by atoms with Crippen LogP contribution in [0.1, 0.15) is 16.7 Å². The largest absolute Gasteiger partial charge is 0.447 e. The van der Waals surface area contributed by atoms with E-state index in [0.717, 1.165) is 25.2 Å². The first-order chi connectivity index (χ1) is 16.1. The van der Waals surface area contributed by atoms with Gasteiger partial charge in [-0.15, -0.1) is 0 Å². The molecule has 1 saturated heterocycles. The lowest BCUT2D eigenvalue weighted by Crippen LogP contribution is -2.26. The molecular formula is C23H22N8O2. The number of nitrogens with zero attached hydrogens (tertiary/aromatic N) is 6. The SMILES string of the molecule is CN1CCc2cc(Nc3ncc(C#N)c(Nc4cccc(N5CCOC5=O)n4)n3)ccc2C1. The summed E-state index contributed by atoms with van der Waals surface area (Å²) < 4.78 is 4.98. The lowest BCUT2D eigenvalue weighted by Gasteiger charge is -2.25. The molecule has 0 atom stereocenters. The van der Waals surface area contributed by atoms with Crippen molar-refractivity contribution in [1.29, 1.82) is 5.26 Å². The van der Waals surface area contributed by atoms with Crippen molar-refractivity contribution in [3.8, 4) is 6.07 Å². The van der Waals surface area contributed by atoms with Crippen molar-refractivity contribution >= 4 is 35.2 Å². The number of hydrogen-bond acceptors (Lipinski definition) is 9. The molecule has 10 nitrogen and oxygen atoms in total. The molecule has 33 heavy (non-hydrogen) atoms. The van der Waals surface area contributed by atoms with Crippen LogP contribution in [0.2, 0.25) is 0 Å². The minimum Gasteiger partial charge on any atom is -0.447 e. The summed E-state index contributed by atoms with van der Waals surface area (Å²) in [5.74, 6) is 1.60. The van der Waals surface area contributed by atoms with Crippen molar-refractivity contribution in [1.82, 2.24) is 19.9 Å². The lowest BCUT2D eigenvalue weighted by molar-refractivity contribution is 0.181. The highest BCUT2D eigenvalue weighted by Gasteiger charge is 2.24. The predicted octanol–water partition coefficient (Wildman–Crippen LogP) is 3.17. The van der Waals surface area contributed by atoms with Gasteiger partial charge in [0.25, 0.3) is 0 Å². The zero-order valence-electron chi connectivity index (χ0n) is 18.1. The molecule has 0 radical (unpaired) electrons. The van der Waals surface area contributed by atoms with Gasteiger partial charge < -0.3 is 20.3 Å². The molecule has 1 amide bonds. The highest BCUT2D eigenvalue weighted by atomic mass is 16.6. The van der Waals surface area contributed by atoms with E-state index in [1.54, 1.807) is 18.2 Å². The van der Waals surface area contributed by atoms with Gasteiger partial charge >= 0.3 is 6.09 Å². The van der Waals surface area contributed by atoms with Gasteiger partial charge in [-0.25, -0.2) is 14.8 Å². The molecule has 1 fully saturated rings. The fourth-order valence-electron chi connectivity index (χ4n) is 3.89. The van der Waals surface area contributed by atoms with E-state index in [4.69, 9.17) is 4.74 Å². The number of benzene rings is 1. The number of hydrogen-bond donors (Lipinski definition) is 2. The Labute approximate surface area is 190 Å². The van der Waals surface area contributed by atoms with Gasteiger partial charge in [-0.1, -0.05) is 12.1 Å². The monoisotopic (exact) mass is 442 g/mol. The van der Waals surface area contributed by atoms with Crippen molar-refractivity contribution in [2.24, 2.45) is 0 Å². The van der Waals surface area contributed by atoms with Crippen LogP contribution in [0, 0.1) is 11.3 Å². The van der Waals surface area contributed by atoms with Gasteiger partial charge in [0.15, 0.2) is 5.82 Å². The molecule has 1 aromatic carbocycles. The summed E-state index contributed by atoms with van der Waals surface area (Å²) in [6, 6.07) is 13.6. The van der Waals surface area contributed by atoms with Crippen LogP contribution in [-0.4, -0.2) is 52.7 Å². The summed E-state index contributed by atoms with van der Waals surface area (Å²) in [4.78, 5) is 28.8. The number of nitriles is 1. The van der Waals surface area contributed by atoms with Crippen LogP contribution in [0.3, 0.4) is 0 Å². The molecule has 0 unspecified atom stereocenters. The van der Waals surface area contributed by atoms with E-state index in [2.05, 4.69) is 55.7 Å². The van der Waals surface area contributed by atoms with Crippen molar-refractivity contribution < 1.29 is 9.53 Å². The average Bonchev–Trinajstić information content (AvgIpc) is 3.25. The second-order valence-corrected chi connectivity index (χ2v) is 7.94. The summed E-state index contributed by atoms with van der Waals surface area (Å²) in [5.41, 5.74) is 3.81. The number of pyridine rings is 1. The molecule has 10 heteroatoms. The maximum Gasteiger partial charge on any atom is 0.415 e. The van der Waals surface area contributed by atoms with Crippen molar-refractivity contribution in [3.05, 3.63) is 59.3 Å². The first-order valence-corrected chi connectivity index (χ1v) is 10.6. The molecular weight excluding hydrogens is 420 g/mol. The van der Waals surface area contributed by atoms with E-state index in [1.807, 2.05) is 6.07 Å². The first-order valence-electron chi connectivity index (χ1n) is 10.6. The minimum absolute atomic E-state index is 0.279. The molecule has 0 bridgehead atoms. The zero-order valence-corrected chi connectivity index (χ0v) is 18.1. The Morgan fingerprint density at radius 3 is 2.85 bits per heavy atom. The van der Waals surface area contributed by atoms with E-state index in [0.29, 0.717) is 36.6 Å². The second-order valence-electron chi connectivity index (χ2n) is 7.94. The Balaban J connectivity index is 1.37. The molecule has 166 valence electrons. The summed E-state index contributed by atoms with van der Waals surface area (Å²) in [7, 11) is 2.12. The number of anilines is 5. The van der Waals surface area contributed by atoms with E-state index >= 15 is 0 Å². The van der Waals surface area contributed by atoms with Crippen molar-refractivity contribution in [2.45, 2.75) is 13.0 Å². The molecule has 0 saturated carbocycles. The normalized spacial score (nSPS) is 15.5. The maximum atomic E-state index is 11.8. The van der Waals surface area contributed by atoms with Crippen molar-refractivity contribution in [2.75, 3.05) is 42.3 Å². The standard InChI is InChI=1S/C23H22N8O2/c1-30-8-7-15-11-18(6-5-16(15)14-30)26-22-25-13-17(12-24)21(29-22)28-19-3-2-4-20(27-19)31-9-10-33-23(31)32/h2-6,11,13H,7-10,14H2,1H3,(H2,25,26,27,28,29). The summed E-state index contributed by atoms with van der Waals surface area (Å²) in [5, 5.41) is 15.8. The van der Waals surface area contributed by atoms with Crippen LogP contribution < -0.4 is 15.5 Å². The maximum absolute atomic E-state index is 11.8. The Hall–Kier alpha value is -4.23. The van der Waals surface area contributed by atoms with Gasteiger partial charge in [-0.05, 0) is 48.9 Å². The second kappa shape index (κ2) is 8.72. The number of carbonyl (C=O) groups excluding carboxylic acids is 1. The number of ether oxygens (including phenoxy) is 1. The van der Waals surface area contributed by atoms with Crippen LogP contribution in [0.5, 0.6) is 0 Å². The van der Waals surface area contributed by atoms with Gasteiger partial charge in [0.1, 0.15) is 29.9 Å². The van der Waals surface area contributed by atoms with Crippen LogP contribution in [0.15, 0.2) is 42.6 Å². The van der Waals surface area contributed by atoms with Gasteiger partial charge in [0.05, 0.1) is 12.7 Å². The molecule has 2 aliphatic heterocycles. The molecule has 2 aromatic heterocycles. The summed E-state index contributed by atoms with van der Waals surface area (Å²) >= 11 is 0. The van der Waals surface area contributed by atoms with Gasteiger partial charge in [-0.3, -0.25) is 4.90 Å². The predicted molar refractivity (Wildman–Crippen MR) is 123 cm³/mol. The van der Waals surface area contributed by atoms with Gasteiger partial charge in [-0.2, -0.15) is 10.2 Å². The summed E-state index contributed by atoms with van der Waals surface area (Å²) in [6.07, 6.45) is 2.03. The van der Waals surface area contributed by atoms with Crippen LogP contribution in [-0.2, 0) is 17.7 Å². The number of carbonyl (C=O) groups is 1. The molecule has 0 spiro atoms. The number of nitrogens with one attached hydrogen (secondary N) is 2. The van der Waals surface area contributed by atoms with E-state index < -0.39 is 6.09 Å². The van der Waals surface area contributed by atoms with Gasteiger partial charge in [0.2, 0.25) is 5.95 Å². The third-order valence-corrected chi connectivity index (χ3v) is 5.59. The molecule has 3 aromatic rings. The van der Waals surface area contributed by atoms with Crippen molar-refractivity contribution in [3.63, 3.8) is 0 Å². The number of fused-ring (bicyclic) bond motifs is 1. The third kappa shape index (κ3) is 4.40. The number of aromatic nitrogens is 3. The molecule has 4 heterocycles. The molecule has 2 aliphatic rings. The van der Waals surface area contributed by atoms with Crippen LogP contribution >= 0.6 is 0 Å². The van der Waals surface area contributed by atoms with E-state index in [9.17, 15) is 10.1 Å². The Kier molecular flexibility index (Phi) is 5.46. The smallest absolute Gasteiger partial charge is 0.415 e. The third-order valence-electron chi connectivity index (χ3n) is 5.59. The number of cyclic esters (lactones) is 1. The number of likely N-dealkylation sites (N-methyl/N-ethyl adjacent to an activating group) is 1. The molecule has 5 rings (SSSR count). The minimum atomic E-state index is -0.428. The Morgan fingerprint density at radius 2 is 2.03 bits per heavy atom. The topological polar surface area (TPSA) is 119 Å². The molecule has 2 N–H and O–H groups in total. The quantitative estimate of drug-likeness (QED) is 0.614. The fourth-order valence-corrected chi connectivity index (χ4v) is 3.89. The van der Waals surface area contributed by atoms with Crippen LogP contribution in [0.25, 0.3) is 0 Å².